The van der Waals surface area contributed by atoms with Gasteiger partial charge in [-0.3, -0.25) is 4.98 Å². The first-order chi connectivity index (χ1) is 8.15. The number of hydrogen-bond acceptors (Lipinski definition) is 4. The van der Waals surface area contributed by atoms with Crippen molar-refractivity contribution in [1.82, 2.24) is 4.98 Å². The van der Waals surface area contributed by atoms with Gasteiger partial charge < -0.3 is 15.7 Å². The maximum atomic E-state index is 9.21. The normalized spacial score (nSPS) is 12.6. The average molecular weight is 231 g/mol. The largest absolute Gasteiger partial charge is 0.398 e. The van der Waals surface area contributed by atoms with E-state index >= 15 is 0 Å². The Morgan fingerprint density at radius 3 is 2.88 bits per heavy atom. The van der Waals surface area contributed by atoms with Gasteiger partial charge in [0.25, 0.3) is 0 Å². The number of rotatable bonds is 3. The van der Waals surface area contributed by atoms with Gasteiger partial charge in [-0.15, -0.1) is 0 Å². The summed E-state index contributed by atoms with van der Waals surface area (Å²) in [4.78, 5) is 6.39. The van der Waals surface area contributed by atoms with Gasteiger partial charge in [-0.1, -0.05) is 0 Å². The molecule has 0 aliphatic heterocycles. The summed E-state index contributed by atoms with van der Waals surface area (Å²) in [7, 11) is 1.94. The molecule has 0 aliphatic rings. The van der Waals surface area contributed by atoms with Crippen LogP contribution in [-0.2, 0) is 0 Å². The number of nitrogens with zero attached hydrogens (tertiary/aromatic N) is 2. The van der Waals surface area contributed by atoms with E-state index in [1.165, 1.54) is 0 Å². The van der Waals surface area contributed by atoms with Crippen LogP contribution in [0.2, 0.25) is 0 Å². The maximum absolute atomic E-state index is 9.21. The molecule has 1 aromatic heterocycles. The lowest BCUT2D eigenvalue weighted by atomic mass is 10.1. The number of pyridine rings is 1. The Kier molecular flexibility index (Phi) is 3.15. The molecule has 1 aromatic carbocycles. The van der Waals surface area contributed by atoms with Gasteiger partial charge in [-0.2, -0.15) is 0 Å². The number of nitrogen functional groups attached to an aromatic ring is 1. The van der Waals surface area contributed by atoms with Crippen LogP contribution in [-0.4, -0.2) is 29.8 Å². The molecule has 4 nitrogen and oxygen atoms in total. The highest BCUT2D eigenvalue weighted by Gasteiger charge is 2.13. The second-order valence-corrected chi connectivity index (χ2v) is 4.22. The molecule has 0 bridgehead atoms. The topological polar surface area (TPSA) is 62.4 Å². The summed E-state index contributed by atoms with van der Waals surface area (Å²) in [5, 5.41) is 10.2. The summed E-state index contributed by atoms with van der Waals surface area (Å²) in [5.74, 6) is 0. The summed E-state index contributed by atoms with van der Waals surface area (Å²) in [5.41, 5.74) is 8.50. The van der Waals surface area contributed by atoms with Crippen molar-refractivity contribution < 1.29 is 5.11 Å². The lowest BCUT2D eigenvalue weighted by Gasteiger charge is -2.26. The van der Waals surface area contributed by atoms with Gasteiger partial charge in [0.15, 0.2) is 0 Å². The van der Waals surface area contributed by atoms with Gasteiger partial charge in [0.1, 0.15) is 0 Å². The number of aromatic nitrogens is 1. The van der Waals surface area contributed by atoms with E-state index in [1.807, 2.05) is 43.1 Å². The van der Waals surface area contributed by atoms with Crippen LogP contribution in [0.4, 0.5) is 11.4 Å². The third kappa shape index (κ3) is 2.03. The molecule has 0 saturated heterocycles. The molecule has 17 heavy (non-hydrogen) atoms. The Morgan fingerprint density at radius 2 is 2.18 bits per heavy atom. The van der Waals surface area contributed by atoms with Crippen LogP contribution in [0, 0.1) is 0 Å². The fraction of sp³-hybridized carbons (Fsp3) is 0.308. The van der Waals surface area contributed by atoms with Gasteiger partial charge in [0.05, 0.1) is 17.8 Å². The molecule has 1 heterocycles. The van der Waals surface area contributed by atoms with Gasteiger partial charge in [0.2, 0.25) is 0 Å². The number of fused-ring (bicyclic) bond motifs is 1. The van der Waals surface area contributed by atoms with E-state index in [2.05, 4.69) is 4.98 Å². The minimum atomic E-state index is 0.0452. The van der Waals surface area contributed by atoms with Crippen LogP contribution in [0.1, 0.15) is 6.92 Å². The summed E-state index contributed by atoms with van der Waals surface area (Å²) in [6.07, 6.45) is 1.75. The standard InChI is InChI=1S/C13H17N3O/c1-9(8-17)16(2)12-6-5-11(14)10-4-3-7-15-13(10)12/h3-7,9,17H,8,14H2,1-2H3. The summed E-state index contributed by atoms with van der Waals surface area (Å²) >= 11 is 0. The van der Waals surface area contributed by atoms with E-state index < -0.39 is 0 Å². The number of anilines is 2. The van der Waals surface area contributed by atoms with Crippen LogP contribution in [0.5, 0.6) is 0 Å². The predicted octanol–water partition coefficient (Wildman–Crippen LogP) is 1.63. The van der Waals surface area contributed by atoms with E-state index in [0.29, 0.717) is 0 Å². The second kappa shape index (κ2) is 4.59. The van der Waals surface area contributed by atoms with Crippen LogP contribution in [0.15, 0.2) is 30.5 Å². The Bertz CT molecular complexity index is 527. The van der Waals surface area contributed by atoms with Crippen LogP contribution in [0.25, 0.3) is 10.9 Å². The van der Waals surface area contributed by atoms with Crippen LogP contribution >= 0.6 is 0 Å². The number of aliphatic hydroxyl groups excluding tert-OH is 1. The highest BCUT2D eigenvalue weighted by molar-refractivity contribution is 5.98. The minimum Gasteiger partial charge on any atom is -0.398 e. The molecule has 0 fully saturated rings. The molecule has 0 amide bonds. The smallest absolute Gasteiger partial charge is 0.0955 e. The van der Waals surface area contributed by atoms with Gasteiger partial charge in [0, 0.05) is 30.4 Å². The zero-order valence-corrected chi connectivity index (χ0v) is 10.1. The summed E-state index contributed by atoms with van der Waals surface area (Å²) in [6, 6.07) is 7.69. The molecule has 1 unspecified atom stereocenters. The van der Waals surface area contributed by atoms with E-state index in [-0.39, 0.29) is 12.6 Å². The van der Waals surface area contributed by atoms with E-state index in [0.717, 1.165) is 22.3 Å². The van der Waals surface area contributed by atoms with Gasteiger partial charge in [-0.25, -0.2) is 0 Å². The van der Waals surface area contributed by atoms with Crippen molar-refractivity contribution in [2.24, 2.45) is 0 Å². The highest BCUT2D eigenvalue weighted by Crippen LogP contribution is 2.29. The van der Waals surface area contributed by atoms with Gasteiger partial charge >= 0.3 is 0 Å². The first kappa shape index (κ1) is 11.7. The first-order valence-electron chi connectivity index (χ1n) is 5.62. The zero-order chi connectivity index (χ0) is 12.4. The Balaban J connectivity index is 2.59. The van der Waals surface area contributed by atoms with E-state index in [4.69, 9.17) is 5.73 Å². The molecule has 0 saturated carbocycles. The second-order valence-electron chi connectivity index (χ2n) is 4.22. The Hall–Kier alpha value is -1.81. The lowest BCUT2D eigenvalue weighted by molar-refractivity contribution is 0.270. The maximum Gasteiger partial charge on any atom is 0.0955 e. The number of benzene rings is 1. The van der Waals surface area contributed by atoms with E-state index in [9.17, 15) is 5.11 Å². The van der Waals surface area contributed by atoms with Crippen molar-refractivity contribution in [3.63, 3.8) is 0 Å². The molecule has 90 valence electrons. The number of hydrogen-bond donors (Lipinski definition) is 2. The van der Waals surface area contributed by atoms with Crippen molar-refractivity contribution in [1.29, 1.82) is 0 Å². The molecular formula is C13H17N3O. The van der Waals surface area contributed by atoms with Crippen molar-refractivity contribution in [3.8, 4) is 0 Å². The molecule has 0 radical (unpaired) electrons. The summed E-state index contributed by atoms with van der Waals surface area (Å²) < 4.78 is 0. The monoisotopic (exact) mass is 231 g/mol. The summed E-state index contributed by atoms with van der Waals surface area (Å²) in [6.45, 7) is 2.07. The molecule has 0 spiro atoms. The molecule has 0 aliphatic carbocycles. The SMILES string of the molecule is CC(CO)N(C)c1ccc(N)c2cccnc12. The fourth-order valence-electron chi connectivity index (χ4n) is 1.82. The third-order valence-electron chi connectivity index (χ3n) is 3.09. The number of nitrogens with two attached hydrogens (primary N) is 1. The third-order valence-corrected chi connectivity index (χ3v) is 3.09. The van der Waals surface area contributed by atoms with Crippen molar-refractivity contribution in [3.05, 3.63) is 30.5 Å². The minimum absolute atomic E-state index is 0.0452. The predicted molar refractivity (Wildman–Crippen MR) is 71.1 cm³/mol. The van der Waals surface area contributed by atoms with Crippen LogP contribution < -0.4 is 10.6 Å². The molecular weight excluding hydrogens is 214 g/mol. The van der Waals surface area contributed by atoms with E-state index in [1.54, 1.807) is 6.20 Å². The fourth-order valence-corrected chi connectivity index (χ4v) is 1.82. The molecule has 2 aromatic rings. The number of aliphatic hydroxyl groups is 1. The zero-order valence-electron chi connectivity index (χ0n) is 10.1. The lowest BCUT2D eigenvalue weighted by Crippen LogP contribution is -2.32. The average Bonchev–Trinajstić information content (AvgIpc) is 2.38. The van der Waals surface area contributed by atoms with Crippen LogP contribution in [0.3, 0.4) is 0 Å². The van der Waals surface area contributed by atoms with Crippen molar-refractivity contribution in [2.45, 2.75) is 13.0 Å². The first-order valence-corrected chi connectivity index (χ1v) is 5.62. The van der Waals surface area contributed by atoms with Crippen molar-refractivity contribution in [2.75, 3.05) is 24.3 Å². The number of likely N-dealkylation sites (N-methyl/N-ethyl adjacent to an activating group) is 1. The molecule has 4 heteroatoms. The highest BCUT2D eigenvalue weighted by atomic mass is 16.3. The Labute approximate surface area is 101 Å². The molecule has 2 rings (SSSR count). The molecule has 1 atom stereocenters. The Morgan fingerprint density at radius 1 is 1.41 bits per heavy atom. The molecule has 3 N–H and O–H groups in total. The van der Waals surface area contributed by atoms with Gasteiger partial charge in [-0.05, 0) is 31.2 Å². The quantitative estimate of drug-likeness (QED) is 0.788. The van der Waals surface area contributed by atoms with Crippen molar-refractivity contribution >= 4 is 22.3 Å².